The summed E-state index contributed by atoms with van der Waals surface area (Å²) in [5, 5.41) is 23.6. The molecular weight excluding hydrogens is 456 g/mol. The van der Waals surface area contributed by atoms with Gasteiger partial charge in [0, 0.05) is 6.54 Å². The van der Waals surface area contributed by atoms with Crippen molar-refractivity contribution >= 4 is 13.9 Å². The van der Waals surface area contributed by atoms with E-state index < -0.39 is 37.0 Å². The van der Waals surface area contributed by atoms with Gasteiger partial charge in [0.2, 0.25) is 0 Å². The molecule has 1 amide bonds. The first-order chi connectivity index (χ1) is 16.1. The fourth-order valence-electron chi connectivity index (χ4n) is 3.71. The summed E-state index contributed by atoms with van der Waals surface area (Å²) in [6, 6.07) is -0.985. The molecule has 2 N–H and O–H groups in total. The number of rotatable bonds is 17. The Labute approximate surface area is 254 Å². The van der Waals surface area contributed by atoms with E-state index in [-0.39, 0.29) is 51.4 Å². The predicted molar refractivity (Wildman–Crippen MR) is 137 cm³/mol. The fourth-order valence-corrected chi connectivity index (χ4v) is 3.71. The first kappa shape index (κ1) is 39.4. The molecule has 1 fully saturated rings. The van der Waals surface area contributed by atoms with E-state index in [0.29, 0.717) is 6.54 Å². The summed E-state index contributed by atoms with van der Waals surface area (Å²) in [4.78, 5) is 11.8. The summed E-state index contributed by atoms with van der Waals surface area (Å²) in [5.41, 5.74) is 0. The molecule has 0 aromatic heterocycles. The maximum absolute atomic E-state index is 11.9. The second-order valence-corrected chi connectivity index (χ2v) is 8.18. The molecule has 0 spiro atoms. The van der Waals surface area contributed by atoms with Gasteiger partial charge in [-0.3, -0.25) is 0 Å². The van der Waals surface area contributed by atoms with Crippen LogP contribution in [-0.4, -0.2) is 56.5 Å². The van der Waals surface area contributed by atoms with Gasteiger partial charge in [0.1, 0.15) is 14.0 Å². The standard InChI is InChI=1S/C22H41BNO5.2C2H6.K/c1-2-3-4-5-6-7-8-9-10-11-12-13-14-15-16-24-22(27)29-20-19(26)18(17-25)28-21(20)23;2*1-2;/h18-21,25H,2-17H2,1H3,(H,24,27);2*1-2H3;/q-1;;;+1. The summed E-state index contributed by atoms with van der Waals surface area (Å²) in [6.07, 6.45) is 14.0. The van der Waals surface area contributed by atoms with Crippen LogP contribution in [0.15, 0.2) is 0 Å². The van der Waals surface area contributed by atoms with Gasteiger partial charge in [-0.1, -0.05) is 124 Å². The van der Waals surface area contributed by atoms with E-state index in [9.17, 15) is 9.90 Å². The number of ether oxygens (including phenoxy) is 2. The van der Waals surface area contributed by atoms with Crippen LogP contribution in [0, 0.1) is 0 Å². The molecule has 0 aromatic rings. The largest absolute Gasteiger partial charge is 1.00 e. The number of carbonyl (C=O) groups excluding carboxylic acids is 1. The van der Waals surface area contributed by atoms with Crippen LogP contribution in [0.25, 0.3) is 0 Å². The summed E-state index contributed by atoms with van der Waals surface area (Å²) in [5.74, 6) is 0. The zero-order valence-corrected chi connectivity index (χ0v) is 26.4. The van der Waals surface area contributed by atoms with Crippen molar-refractivity contribution in [2.45, 2.75) is 149 Å². The molecule has 1 heterocycles. The number of aliphatic hydroxyl groups is 1. The van der Waals surface area contributed by atoms with Gasteiger partial charge >= 0.3 is 57.5 Å². The fraction of sp³-hybridized carbons (Fsp3) is 0.962. The minimum absolute atomic E-state index is 0. The zero-order valence-electron chi connectivity index (χ0n) is 23.3. The minimum Gasteiger partial charge on any atom is -0.847 e. The van der Waals surface area contributed by atoms with Gasteiger partial charge in [0.15, 0.2) is 0 Å². The van der Waals surface area contributed by atoms with E-state index >= 15 is 0 Å². The van der Waals surface area contributed by atoms with Crippen LogP contribution in [0.2, 0.25) is 0 Å². The van der Waals surface area contributed by atoms with Gasteiger partial charge in [0.25, 0.3) is 0 Å². The van der Waals surface area contributed by atoms with E-state index in [0.717, 1.165) is 12.8 Å². The molecule has 6 nitrogen and oxygen atoms in total. The van der Waals surface area contributed by atoms with Crippen molar-refractivity contribution < 1.29 is 75.9 Å². The van der Waals surface area contributed by atoms with E-state index in [1.807, 2.05) is 27.7 Å². The normalized spacial score (nSPS) is 20.8. The molecule has 4 atom stereocenters. The summed E-state index contributed by atoms with van der Waals surface area (Å²) in [7, 11) is 5.63. The summed E-state index contributed by atoms with van der Waals surface area (Å²) in [6.45, 7) is 10.3. The van der Waals surface area contributed by atoms with Gasteiger partial charge in [-0.05, 0) is 6.42 Å². The molecule has 0 bridgehead atoms. The molecule has 8 heteroatoms. The van der Waals surface area contributed by atoms with Crippen LogP contribution >= 0.6 is 0 Å². The number of hydrogen-bond acceptors (Lipinski definition) is 5. The molecule has 1 aliphatic heterocycles. The molecule has 196 valence electrons. The molecule has 0 aromatic carbocycles. The Bertz CT molecular complexity index is 421. The minimum atomic E-state index is -1.36. The van der Waals surface area contributed by atoms with Crippen molar-refractivity contribution in [3.8, 4) is 0 Å². The average Bonchev–Trinajstić information content (AvgIpc) is 3.11. The van der Waals surface area contributed by atoms with Crippen molar-refractivity contribution in [2.24, 2.45) is 0 Å². The smallest absolute Gasteiger partial charge is 0.847 e. The van der Waals surface area contributed by atoms with Crippen LogP contribution in [0.4, 0.5) is 4.79 Å². The molecular formula is C26H53BKNO5. The Morgan fingerprint density at radius 2 is 1.29 bits per heavy atom. The van der Waals surface area contributed by atoms with Crippen molar-refractivity contribution in [1.29, 1.82) is 0 Å². The monoisotopic (exact) mass is 509 g/mol. The molecule has 1 rings (SSSR count). The number of alkyl carbamates (subject to hydrolysis) is 1. The van der Waals surface area contributed by atoms with Gasteiger partial charge in [-0.15, -0.1) is 0 Å². The van der Waals surface area contributed by atoms with E-state index in [4.69, 9.17) is 22.4 Å². The SMILES string of the molecule is CC.CC.[B]C1OC(CO)C([O-])C1OC(=O)NCCCCCCCCCCCCCCCC.[K+]. The Morgan fingerprint density at radius 3 is 1.68 bits per heavy atom. The topological polar surface area (TPSA) is 90.8 Å². The maximum Gasteiger partial charge on any atom is 1.00 e. The number of amides is 1. The van der Waals surface area contributed by atoms with Gasteiger partial charge in [-0.2, -0.15) is 0 Å². The van der Waals surface area contributed by atoms with Crippen molar-refractivity contribution in [3.05, 3.63) is 0 Å². The van der Waals surface area contributed by atoms with E-state index in [1.54, 1.807) is 0 Å². The Hall–Kier alpha value is 0.851. The molecule has 4 unspecified atom stereocenters. The number of nitrogens with one attached hydrogen (secondary N) is 1. The third kappa shape index (κ3) is 21.0. The summed E-state index contributed by atoms with van der Waals surface area (Å²) < 4.78 is 10.1. The zero-order chi connectivity index (χ0) is 25.3. The number of unbranched alkanes of at least 4 members (excludes halogenated alkanes) is 13. The second kappa shape index (κ2) is 30.1. The Balaban J connectivity index is -0.00000182. The van der Waals surface area contributed by atoms with Crippen molar-refractivity contribution in [2.75, 3.05) is 13.2 Å². The molecule has 0 aliphatic carbocycles. The number of carbonyl (C=O) groups is 1. The number of aliphatic hydroxyl groups excluding tert-OH is 1. The van der Waals surface area contributed by atoms with Crippen LogP contribution < -0.4 is 61.8 Å². The Kier molecular flexibility index (Phi) is 34.8. The van der Waals surface area contributed by atoms with E-state index in [2.05, 4.69) is 12.2 Å². The maximum atomic E-state index is 11.9. The van der Waals surface area contributed by atoms with Crippen LogP contribution in [-0.2, 0) is 9.47 Å². The van der Waals surface area contributed by atoms with E-state index in [1.165, 1.54) is 77.0 Å². The third-order valence-corrected chi connectivity index (χ3v) is 5.57. The van der Waals surface area contributed by atoms with Crippen molar-refractivity contribution in [3.63, 3.8) is 0 Å². The molecule has 0 saturated carbocycles. The second-order valence-electron chi connectivity index (χ2n) is 8.18. The molecule has 1 saturated heterocycles. The predicted octanol–water partition coefficient (Wildman–Crippen LogP) is 2.23. The van der Waals surface area contributed by atoms with Gasteiger partial charge in [-0.25, -0.2) is 4.79 Å². The summed E-state index contributed by atoms with van der Waals surface area (Å²) >= 11 is 0. The molecule has 2 radical (unpaired) electrons. The van der Waals surface area contributed by atoms with Crippen LogP contribution in [0.5, 0.6) is 0 Å². The first-order valence-corrected chi connectivity index (χ1v) is 13.7. The van der Waals surface area contributed by atoms with Crippen molar-refractivity contribution in [1.82, 2.24) is 5.32 Å². The third-order valence-electron chi connectivity index (χ3n) is 5.57. The number of hydrogen-bond donors (Lipinski definition) is 2. The van der Waals surface area contributed by atoms with Gasteiger partial charge < -0.3 is 25.0 Å². The molecule has 1 aliphatic rings. The quantitative estimate of drug-likeness (QED) is 0.232. The van der Waals surface area contributed by atoms with Crippen LogP contribution in [0.1, 0.15) is 125 Å². The Morgan fingerprint density at radius 1 is 0.882 bits per heavy atom. The van der Waals surface area contributed by atoms with Gasteiger partial charge in [0.05, 0.1) is 18.7 Å². The molecule has 34 heavy (non-hydrogen) atoms. The van der Waals surface area contributed by atoms with Crippen LogP contribution in [0.3, 0.4) is 0 Å². The average molecular weight is 510 g/mol. The first-order valence-electron chi connectivity index (χ1n) is 13.7.